The van der Waals surface area contributed by atoms with E-state index in [1.807, 2.05) is 26.0 Å². The first-order valence-electron chi connectivity index (χ1n) is 7.20. The lowest BCUT2D eigenvalue weighted by molar-refractivity contribution is 0.0947. The van der Waals surface area contributed by atoms with E-state index >= 15 is 0 Å². The fraction of sp³-hybridized carbons (Fsp3) is 0.188. The van der Waals surface area contributed by atoms with Crippen molar-refractivity contribution in [3.8, 4) is 0 Å². The van der Waals surface area contributed by atoms with Crippen molar-refractivity contribution in [1.82, 2.24) is 20.5 Å². The van der Waals surface area contributed by atoms with Crippen molar-refractivity contribution >= 4 is 28.3 Å². The van der Waals surface area contributed by atoms with E-state index in [1.165, 1.54) is 0 Å². The molecule has 0 spiro atoms. The summed E-state index contributed by atoms with van der Waals surface area (Å²) in [6, 6.07) is 7.17. The Morgan fingerprint density at radius 1 is 1.30 bits per heavy atom. The summed E-state index contributed by atoms with van der Waals surface area (Å²) in [5, 5.41) is 10.4. The molecule has 23 heavy (non-hydrogen) atoms. The van der Waals surface area contributed by atoms with E-state index in [0.29, 0.717) is 23.4 Å². The smallest absolute Gasteiger partial charge is 0.272 e. The van der Waals surface area contributed by atoms with Crippen LogP contribution in [0.15, 0.2) is 24.3 Å². The molecule has 0 unspecified atom stereocenters. The molecule has 0 aliphatic rings. The summed E-state index contributed by atoms with van der Waals surface area (Å²) in [4.78, 5) is 16.7. The molecule has 0 saturated carbocycles. The number of nitrogens with one attached hydrogen (secondary N) is 2. The summed E-state index contributed by atoms with van der Waals surface area (Å²) in [6.07, 6.45) is 0. The number of H-pyrrole nitrogens is 1. The Hall–Kier alpha value is -3.09. The highest BCUT2D eigenvalue weighted by molar-refractivity contribution is 6.08. The molecular weight excluding hydrogens is 292 g/mol. The molecule has 1 amide bonds. The quantitative estimate of drug-likeness (QED) is 0.548. The lowest BCUT2D eigenvalue weighted by atomic mass is 10.1. The number of carbonyl (C=O) groups is 1. The standard InChI is InChI=1S/C16H18N6O/c1-8-6-13(18)20-9(2)10(8)7-19-16(23)15-14-11(17)4-3-5-12(14)21-22-15/h3-6H,7,17H2,1-2H3,(H2,18,20)(H,19,23)(H,21,22). The number of fused-ring (bicyclic) bond motifs is 1. The van der Waals surface area contributed by atoms with E-state index in [4.69, 9.17) is 11.5 Å². The molecule has 2 aromatic heterocycles. The predicted molar refractivity (Wildman–Crippen MR) is 89.8 cm³/mol. The van der Waals surface area contributed by atoms with Crippen molar-refractivity contribution in [2.45, 2.75) is 20.4 Å². The molecule has 0 aliphatic carbocycles. The SMILES string of the molecule is Cc1cc(N)nc(C)c1CNC(=O)c1n[nH]c2cccc(N)c12. The molecule has 1 aromatic carbocycles. The molecule has 2 heterocycles. The third-order valence-corrected chi connectivity index (χ3v) is 3.84. The molecule has 7 nitrogen and oxygen atoms in total. The second kappa shape index (κ2) is 5.60. The number of benzene rings is 1. The van der Waals surface area contributed by atoms with Gasteiger partial charge in [0, 0.05) is 17.9 Å². The minimum atomic E-state index is -0.287. The van der Waals surface area contributed by atoms with Gasteiger partial charge >= 0.3 is 0 Å². The first-order chi connectivity index (χ1) is 11.0. The number of nitrogens with two attached hydrogens (primary N) is 2. The van der Waals surface area contributed by atoms with Crippen LogP contribution in [0, 0.1) is 13.8 Å². The van der Waals surface area contributed by atoms with E-state index in [1.54, 1.807) is 12.1 Å². The van der Waals surface area contributed by atoms with E-state index in [9.17, 15) is 4.79 Å². The van der Waals surface area contributed by atoms with Gasteiger partial charge in [-0.05, 0) is 43.2 Å². The fourth-order valence-electron chi connectivity index (χ4n) is 2.67. The highest BCUT2D eigenvalue weighted by Gasteiger charge is 2.16. The molecule has 0 aliphatic heterocycles. The summed E-state index contributed by atoms with van der Waals surface area (Å²) >= 11 is 0. The monoisotopic (exact) mass is 310 g/mol. The van der Waals surface area contributed by atoms with Crippen molar-refractivity contribution in [2.75, 3.05) is 11.5 Å². The number of amides is 1. The Kier molecular flexibility index (Phi) is 3.61. The predicted octanol–water partition coefficient (Wildman–Crippen LogP) is 1.67. The van der Waals surface area contributed by atoms with Crippen molar-refractivity contribution < 1.29 is 4.79 Å². The summed E-state index contributed by atoms with van der Waals surface area (Å²) in [6.45, 7) is 4.16. The summed E-state index contributed by atoms with van der Waals surface area (Å²) < 4.78 is 0. The summed E-state index contributed by atoms with van der Waals surface area (Å²) in [5.74, 6) is 0.186. The largest absolute Gasteiger partial charge is 0.398 e. The zero-order valence-electron chi connectivity index (χ0n) is 13.0. The number of hydrogen-bond acceptors (Lipinski definition) is 5. The molecule has 3 aromatic rings. The van der Waals surface area contributed by atoms with Crippen molar-refractivity contribution in [3.05, 3.63) is 46.8 Å². The molecule has 7 heteroatoms. The molecule has 0 saturated heterocycles. The number of nitrogens with zero attached hydrogens (tertiary/aromatic N) is 2. The van der Waals surface area contributed by atoms with Gasteiger partial charge in [-0.25, -0.2) is 4.98 Å². The summed E-state index contributed by atoms with van der Waals surface area (Å²) in [7, 11) is 0. The highest BCUT2D eigenvalue weighted by Crippen LogP contribution is 2.22. The number of anilines is 2. The van der Waals surface area contributed by atoms with Crippen molar-refractivity contribution in [2.24, 2.45) is 0 Å². The first-order valence-corrected chi connectivity index (χ1v) is 7.20. The van der Waals surface area contributed by atoms with Gasteiger partial charge in [0.2, 0.25) is 0 Å². The molecule has 6 N–H and O–H groups in total. The Morgan fingerprint density at radius 3 is 2.83 bits per heavy atom. The van der Waals surface area contributed by atoms with Crippen molar-refractivity contribution in [1.29, 1.82) is 0 Å². The molecule has 0 bridgehead atoms. The zero-order valence-corrected chi connectivity index (χ0v) is 13.0. The Bertz CT molecular complexity index is 876. The van der Waals surface area contributed by atoms with E-state index in [-0.39, 0.29) is 11.6 Å². The Balaban J connectivity index is 1.85. The van der Waals surface area contributed by atoms with Crippen LogP contribution >= 0.6 is 0 Å². The van der Waals surface area contributed by atoms with Crippen LogP contribution in [0.1, 0.15) is 27.3 Å². The van der Waals surface area contributed by atoms with E-state index in [0.717, 1.165) is 22.3 Å². The number of hydrogen-bond donors (Lipinski definition) is 4. The van der Waals surface area contributed by atoms with Crippen LogP contribution in [0.4, 0.5) is 11.5 Å². The minimum Gasteiger partial charge on any atom is -0.398 e. The van der Waals surface area contributed by atoms with Crippen LogP contribution < -0.4 is 16.8 Å². The van der Waals surface area contributed by atoms with E-state index in [2.05, 4.69) is 20.5 Å². The lowest BCUT2D eigenvalue weighted by Crippen LogP contribution is -2.24. The average molecular weight is 310 g/mol. The van der Waals surface area contributed by atoms with Gasteiger partial charge in [-0.3, -0.25) is 9.89 Å². The van der Waals surface area contributed by atoms with Crippen LogP contribution in [0.2, 0.25) is 0 Å². The van der Waals surface area contributed by atoms with Gasteiger partial charge in [0.15, 0.2) is 5.69 Å². The number of aryl methyl sites for hydroxylation is 2. The first kappa shape index (κ1) is 14.8. The number of nitrogen functional groups attached to an aromatic ring is 2. The zero-order chi connectivity index (χ0) is 16.6. The molecule has 118 valence electrons. The van der Waals surface area contributed by atoms with Crippen molar-refractivity contribution in [3.63, 3.8) is 0 Å². The highest BCUT2D eigenvalue weighted by atomic mass is 16.1. The molecule has 0 atom stereocenters. The van der Waals surface area contributed by atoms with E-state index < -0.39 is 0 Å². The second-order valence-corrected chi connectivity index (χ2v) is 5.45. The number of aromatic nitrogens is 3. The molecule has 0 fully saturated rings. The van der Waals surface area contributed by atoms with Crippen LogP contribution in [0.3, 0.4) is 0 Å². The third kappa shape index (κ3) is 2.68. The van der Waals surface area contributed by atoms with Gasteiger partial charge < -0.3 is 16.8 Å². The van der Waals surface area contributed by atoms with Gasteiger partial charge in [0.05, 0.1) is 10.9 Å². The molecule has 0 radical (unpaired) electrons. The third-order valence-electron chi connectivity index (χ3n) is 3.84. The number of aromatic amines is 1. The topological polar surface area (TPSA) is 123 Å². The maximum atomic E-state index is 12.4. The average Bonchev–Trinajstić information content (AvgIpc) is 2.91. The van der Waals surface area contributed by atoms with Gasteiger partial charge in [-0.2, -0.15) is 5.10 Å². The van der Waals surface area contributed by atoms with Gasteiger partial charge in [-0.1, -0.05) is 6.07 Å². The summed E-state index contributed by atoms with van der Waals surface area (Å²) in [5.41, 5.74) is 15.9. The molecule has 3 rings (SSSR count). The van der Waals surface area contributed by atoms with Gasteiger partial charge in [0.1, 0.15) is 5.82 Å². The Morgan fingerprint density at radius 2 is 2.09 bits per heavy atom. The normalized spacial score (nSPS) is 10.9. The number of pyridine rings is 1. The van der Waals surface area contributed by atoms with Crippen LogP contribution in [0.25, 0.3) is 10.9 Å². The van der Waals surface area contributed by atoms with Gasteiger partial charge in [-0.15, -0.1) is 0 Å². The van der Waals surface area contributed by atoms with Crippen LogP contribution in [0.5, 0.6) is 0 Å². The maximum Gasteiger partial charge on any atom is 0.272 e. The number of rotatable bonds is 3. The van der Waals surface area contributed by atoms with Crippen LogP contribution in [-0.4, -0.2) is 21.1 Å². The fourth-order valence-corrected chi connectivity index (χ4v) is 2.67. The Labute approximate surface area is 133 Å². The molecular formula is C16H18N6O. The minimum absolute atomic E-state index is 0.287. The van der Waals surface area contributed by atoms with Crippen LogP contribution in [-0.2, 0) is 6.54 Å². The number of carbonyl (C=O) groups excluding carboxylic acids is 1. The lowest BCUT2D eigenvalue weighted by Gasteiger charge is -2.11. The van der Waals surface area contributed by atoms with Gasteiger partial charge in [0.25, 0.3) is 5.91 Å². The second-order valence-electron chi connectivity index (χ2n) is 5.45. The maximum absolute atomic E-state index is 12.4.